The van der Waals surface area contributed by atoms with E-state index in [2.05, 4.69) is 44.2 Å². The average molecular weight is 250 g/mol. The van der Waals surface area contributed by atoms with E-state index in [-0.39, 0.29) is 0 Å². The summed E-state index contributed by atoms with van der Waals surface area (Å²) < 4.78 is 0. The van der Waals surface area contributed by atoms with Crippen LogP contribution in [0.3, 0.4) is 0 Å². The van der Waals surface area contributed by atoms with Gasteiger partial charge >= 0.3 is 0 Å². The van der Waals surface area contributed by atoms with Crippen molar-refractivity contribution in [3.63, 3.8) is 0 Å². The molecule has 2 nitrogen and oxygen atoms in total. The second kappa shape index (κ2) is 4.23. The molecular weight excluding hydrogens is 232 g/mol. The summed E-state index contributed by atoms with van der Waals surface area (Å²) in [7, 11) is 0. The molecule has 0 spiro atoms. The van der Waals surface area contributed by atoms with Crippen LogP contribution in [-0.2, 0) is 6.42 Å². The Hall–Kier alpha value is -2.09. The maximum Gasteiger partial charge on any atom is 0.0676 e. The van der Waals surface area contributed by atoms with Crippen LogP contribution >= 0.6 is 0 Å². The number of fused-ring (bicyclic) bond motifs is 2. The van der Waals surface area contributed by atoms with Crippen molar-refractivity contribution >= 4 is 16.9 Å². The number of hydrogen-bond acceptors (Lipinski definition) is 2. The first kappa shape index (κ1) is 12.0. The number of rotatable bonds is 0. The van der Waals surface area contributed by atoms with Crippen LogP contribution < -0.4 is 16.3 Å². The Morgan fingerprint density at radius 1 is 1.11 bits per heavy atom. The van der Waals surface area contributed by atoms with Crippen molar-refractivity contribution < 1.29 is 0 Å². The monoisotopic (exact) mass is 250 g/mol. The summed E-state index contributed by atoms with van der Waals surface area (Å²) in [4.78, 5) is 4.75. The van der Waals surface area contributed by atoms with Gasteiger partial charge in [-0.25, -0.2) is 4.99 Å². The lowest BCUT2D eigenvalue weighted by Crippen LogP contribution is -2.19. The van der Waals surface area contributed by atoms with E-state index in [4.69, 9.17) is 10.7 Å². The van der Waals surface area contributed by atoms with Crippen molar-refractivity contribution in [1.82, 2.24) is 0 Å². The molecule has 2 N–H and O–H groups in total. The summed E-state index contributed by atoms with van der Waals surface area (Å²) in [5.74, 6) is 0. The normalized spacial score (nSPS) is 12.4. The second-order valence-electron chi connectivity index (χ2n) is 5.47. The molecule has 0 fully saturated rings. The Kier molecular flexibility index (Phi) is 2.67. The first-order valence-corrected chi connectivity index (χ1v) is 6.59. The molecule has 0 aliphatic carbocycles. The molecule has 2 heteroatoms. The molecule has 0 amide bonds. The van der Waals surface area contributed by atoms with Crippen molar-refractivity contribution in [3.05, 3.63) is 57.6 Å². The van der Waals surface area contributed by atoms with Gasteiger partial charge in [0.2, 0.25) is 0 Å². The topological polar surface area (TPSA) is 38.4 Å². The van der Waals surface area contributed by atoms with Crippen molar-refractivity contribution in [2.45, 2.75) is 27.2 Å². The fourth-order valence-electron chi connectivity index (χ4n) is 2.48. The van der Waals surface area contributed by atoms with Gasteiger partial charge in [-0.1, -0.05) is 11.6 Å². The Bertz CT molecular complexity index is 782. The molecular formula is C17H18N2. The quantitative estimate of drug-likeness (QED) is 0.612. The molecule has 96 valence electrons. The van der Waals surface area contributed by atoms with Crippen LogP contribution in [0.5, 0.6) is 0 Å². The summed E-state index contributed by atoms with van der Waals surface area (Å²) >= 11 is 0. The zero-order valence-corrected chi connectivity index (χ0v) is 11.6. The molecule has 3 rings (SSSR count). The fourth-order valence-corrected chi connectivity index (χ4v) is 2.48. The molecule has 0 saturated carbocycles. The average Bonchev–Trinajstić information content (AvgIpc) is 2.37. The van der Waals surface area contributed by atoms with Crippen LogP contribution in [0.15, 0.2) is 35.3 Å². The van der Waals surface area contributed by atoms with Crippen molar-refractivity contribution in [2.75, 3.05) is 5.73 Å². The van der Waals surface area contributed by atoms with E-state index in [9.17, 15) is 0 Å². The summed E-state index contributed by atoms with van der Waals surface area (Å²) in [5, 5.41) is 2.37. The van der Waals surface area contributed by atoms with Crippen LogP contribution in [0.25, 0.3) is 5.57 Å². The molecule has 2 aromatic carbocycles. The number of nitrogen functional groups attached to an aromatic ring is 1. The van der Waals surface area contributed by atoms with E-state index < -0.39 is 0 Å². The number of nitrogens with zero attached hydrogens (tertiary/aromatic N) is 1. The van der Waals surface area contributed by atoms with Crippen LogP contribution in [-0.4, -0.2) is 0 Å². The molecule has 0 aromatic heterocycles. The van der Waals surface area contributed by atoms with Gasteiger partial charge in [-0.3, -0.25) is 0 Å². The summed E-state index contributed by atoms with van der Waals surface area (Å²) in [6, 6.07) is 10.7. The highest BCUT2D eigenvalue weighted by Crippen LogP contribution is 2.28. The SMILES string of the molecule is CC(C)=c1ccc2c(c1)Cc1cc(N)c(C)cc1N=2. The third-order valence-corrected chi connectivity index (χ3v) is 3.75. The van der Waals surface area contributed by atoms with Gasteiger partial charge in [0, 0.05) is 12.1 Å². The number of aryl methyl sites for hydroxylation is 1. The maximum absolute atomic E-state index is 6.00. The van der Waals surface area contributed by atoms with Crippen molar-refractivity contribution in [1.29, 1.82) is 0 Å². The predicted molar refractivity (Wildman–Crippen MR) is 80.0 cm³/mol. The van der Waals surface area contributed by atoms with Gasteiger partial charge in [0.1, 0.15) is 0 Å². The van der Waals surface area contributed by atoms with Gasteiger partial charge in [-0.2, -0.15) is 0 Å². The Balaban J connectivity index is 2.26. The maximum atomic E-state index is 6.00. The number of benzene rings is 2. The molecule has 0 atom stereocenters. The molecule has 1 aliphatic heterocycles. The highest BCUT2D eigenvalue weighted by molar-refractivity contribution is 5.62. The number of nitrogens with two attached hydrogens (primary N) is 1. The van der Waals surface area contributed by atoms with E-state index in [0.29, 0.717) is 0 Å². The number of anilines is 1. The molecule has 0 saturated heterocycles. The van der Waals surface area contributed by atoms with Gasteiger partial charge < -0.3 is 5.73 Å². The first-order chi connectivity index (χ1) is 9.04. The largest absolute Gasteiger partial charge is 0.399 e. The van der Waals surface area contributed by atoms with Gasteiger partial charge in [-0.15, -0.1) is 0 Å². The van der Waals surface area contributed by atoms with E-state index in [1.807, 2.05) is 6.92 Å². The molecule has 0 radical (unpaired) electrons. The Morgan fingerprint density at radius 2 is 1.89 bits per heavy atom. The summed E-state index contributed by atoms with van der Waals surface area (Å²) in [5.41, 5.74) is 12.8. The zero-order valence-electron chi connectivity index (χ0n) is 11.6. The van der Waals surface area contributed by atoms with E-state index in [1.165, 1.54) is 21.9 Å². The molecule has 1 aliphatic rings. The second-order valence-corrected chi connectivity index (χ2v) is 5.47. The lowest BCUT2D eigenvalue weighted by atomic mass is 9.96. The summed E-state index contributed by atoms with van der Waals surface area (Å²) in [6.45, 7) is 6.30. The standard InChI is InChI=1S/C17H18N2/c1-10(2)12-4-5-16-13(7-12)8-14-9-15(18)11(3)6-17(14)19-16/h4-7,9H,8,18H2,1-3H3. The molecule has 0 bridgehead atoms. The lowest BCUT2D eigenvalue weighted by Gasteiger charge is -2.14. The van der Waals surface area contributed by atoms with E-state index in [1.54, 1.807) is 0 Å². The van der Waals surface area contributed by atoms with Crippen LogP contribution in [0, 0.1) is 6.92 Å². The minimum atomic E-state index is 0.854. The third kappa shape index (κ3) is 2.03. The van der Waals surface area contributed by atoms with Gasteiger partial charge in [0.15, 0.2) is 0 Å². The van der Waals surface area contributed by atoms with Crippen molar-refractivity contribution in [2.24, 2.45) is 4.99 Å². The lowest BCUT2D eigenvalue weighted by molar-refractivity contribution is 1.07. The van der Waals surface area contributed by atoms with Crippen molar-refractivity contribution in [3.8, 4) is 0 Å². The third-order valence-electron chi connectivity index (χ3n) is 3.75. The molecule has 0 unspecified atom stereocenters. The van der Waals surface area contributed by atoms with E-state index in [0.717, 1.165) is 28.7 Å². The van der Waals surface area contributed by atoms with E-state index >= 15 is 0 Å². The fraction of sp³-hybridized carbons (Fsp3) is 0.235. The van der Waals surface area contributed by atoms with Gasteiger partial charge in [-0.05, 0) is 66.9 Å². The predicted octanol–water partition coefficient (Wildman–Crippen LogP) is 2.62. The Labute approximate surface area is 113 Å². The highest BCUT2D eigenvalue weighted by Gasteiger charge is 2.12. The minimum Gasteiger partial charge on any atom is -0.399 e. The van der Waals surface area contributed by atoms with Crippen LogP contribution in [0.4, 0.5) is 11.4 Å². The minimum absolute atomic E-state index is 0.854. The van der Waals surface area contributed by atoms with Gasteiger partial charge in [0.05, 0.1) is 11.0 Å². The molecule has 1 heterocycles. The van der Waals surface area contributed by atoms with Crippen LogP contribution in [0.2, 0.25) is 0 Å². The Morgan fingerprint density at radius 3 is 2.63 bits per heavy atom. The van der Waals surface area contributed by atoms with Crippen LogP contribution in [0.1, 0.15) is 30.5 Å². The van der Waals surface area contributed by atoms with Gasteiger partial charge in [0.25, 0.3) is 0 Å². The highest BCUT2D eigenvalue weighted by atomic mass is 14.7. The zero-order chi connectivity index (χ0) is 13.6. The summed E-state index contributed by atoms with van der Waals surface area (Å²) in [6.07, 6.45) is 0.916. The molecule has 19 heavy (non-hydrogen) atoms. The molecule has 2 aromatic rings. The first-order valence-electron chi connectivity index (χ1n) is 6.59. The number of hydrogen-bond donors (Lipinski definition) is 1. The smallest absolute Gasteiger partial charge is 0.0676 e.